The quantitative estimate of drug-likeness (QED) is 0.604. The van der Waals surface area contributed by atoms with E-state index in [0.29, 0.717) is 6.42 Å². The predicted octanol–water partition coefficient (Wildman–Crippen LogP) is 2.74. The molecule has 1 heterocycles. The van der Waals surface area contributed by atoms with Crippen LogP contribution in [0.25, 0.3) is 0 Å². The molecule has 0 spiro atoms. The van der Waals surface area contributed by atoms with Crippen molar-refractivity contribution in [1.29, 1.82) is 0 Å². The zero-order chi connectivity index (χ0) is 12.4. The van der Waals surface area contributed by atoms with Gasteiger partial charge >= 0.3 is 5.97 Å². The van der Waals surface area contributed by atoms with Crippen LogP contribution in [0.2, 0.25) is 0 Å². The molecule has 3 atom stereocenters. The Hall–Kier alpha value is -1.51. The Morgan fingerprint density at radius 1 is 1.12 bits per heavy atom. The Balaban J connectivity index is 2.34. The van der Waals surface area contributed by atoms with Crippen molar-refractivity contribution < 1.29 is 14.3 Å². The van der Waals surface area contributed by atoms with Crippen LogP contribution in [0.3, 0.4) is 0 Å². The molecule has 0 aromatic carbocycles. The van der Waals surface area contributed by atoms with Gasteiger partial charge in [-0.05, 0) is 32.4 Å². The third-order valence-electron chi connectivity index (χ3n) is 2.98. The van der Waals surface area contributed by atoms with E-state index in [1.807, 2.05) is 45.1 Å². The maximum absolute atomic E-state index is 11.9. The maximum atomic E-state index is 11.9. The van der Waals surface area contributed by atoms with Gasteiger partial charge in [0.15, 0.2) is 0 Å². The monoisotopic (exact) mass is 234 g/mol. The molecule has 2 bridgehead atoms. The minimum Gasteiger partial charge on any atom is -0.490 e. The summed E-state index contributed by atoms with van der Waals surface area (Å²) in [6.07, 6.45) is 8.11. The van der Waals surface area contributed by atoms with Crippen LogP contribution >= 0.6 is 0 Å². The van der Waals surface area contributed by atoms with Gasteiger partial charge in [-0.15, -0.1) is 0 Å². The summed E-state index contributed by atoms with van der Waals surface area (Å²) in [7, 11) is 0. The first kappa shape index (κ1) is 12.0. The van der Waals surface area contributed by atoms with E-state index in [1.165, 1.54) is 0 Å². The summed E-state index contributed by atoms with van der Waals surface area (Å²) in [6.45, 7) is 5.88. The number of carbonyl (C=O) groups is 1. The Bertz CT molecular complexity index is 404. The molecule has 2 rings (SSSR count). The topological polar surface area (TPSA) is 35.5 Å². The Morgan fingerprint density at radius 3 is 2.53 bits per heavy atom. The van der Waals surface area contributed by atoms with Crippen LogP contribution in [0, 0.1) is 5.92 Å². The Labute approximate surface area is 102 Å². The van der Waals surface area contributed by atoms with Crippen molar-refractivity contribution in [2.24, 2.45) is 5.92 Å². The SMILES string of the molecule is CC1=C2C=C[C@@H](C=C1)C(=O)O[C@H](C)C[C@H](C)O2. The molecule has 0 saturated heterocycles. The molecule has 1 aliphatic heterocycles. The van der Waals surface area contributed by atoms with E-state index in [-0.39, 0.29) is 24.1 Å². The minimum atomic E-state index is -0.304. The van der Waals surface area contributed by atoms with E-state index in [0.717, 1.165) is 11.3 Å². The molecule has 0 saturated carbocycles. The highest BCUT2D eigenvalue weighted by atomic mass is 16.5. The van der Waals surface area contributed by atoms with Gasteiger partial charge in [0.05, 0.1) is 12.0 Å². The smallest absolute Gasteiger partial charge is 0.316 e. The van der Waals surface area contributed by atoms with Gasteiger partial charge in [0.2, 0.25) is 0 Å². The number of carbonyl (C=O) groups excluding carboxylic acids is 1. The summed E-state index contributed by atoms with van der Waals surface area (Å²) in [4.78, 5) is 11.9. The molecule has 92 valence electrons. The third-order valence-corrected chi connectivity index (χ3v) is 2.98. The van der Waals surface area contributed by atoms with Crippen LogP contribution < -0.4 is 0 Å². The fraction of sp³-hybridized carbons (Fsp3) is 0.500. The van der Waals surface area contributed by atoms with Crippen LogP contribution in [0.15, 0.2) is 35.6 Å². The summed E-state index contributed by atoms with van der Waals surface area (Å²) in [5.74, 6) is 0.355. The number of ether oxygens (including phenoxy) is 2. The van der Waals surface area contributed by atoms with Crippen molar-refractivity contribution in [1.82, 2.24) is 0 Å². The second-order valence-corrected chi connectivity index (χ2v) is 4.70. The van der Waals surface area contributed by atoms with Gasteiger partial charge in [-0.3, -0.25) is 4.79 Å². The molecule has 0 fully saturated rings. The van der Waals surface area contributed by atoms with Crippen LogP contribution in [0.5, 0.6) is 0 Å². The molecule has 3 heteroatoms. The lowest BCUT2D eigenvalue weighted by molar-refractivity contribution is -0.151. The first-order chi connectivity index (χ1) is 8.06. The lowest BCUT2D eigenvalue weighted by Gasteiger charge is -2.22. The van der Waals surface area contributed by atoms with Gasteiger partial charge < -0.3 is 9.47 Å². The first-order valence-corrected chi connectivity index (χ1v) is 6.00. The van der Waals surface area contributed by atoms with Crippen LogP contribution in [-0.2, 0) is 14.3 Å². The molecule has 0 aromatic rings. The minimum absolute atomic E-state index is 0.0375. The molecule has 0 radical (unpaired) electrons. The second-order valence-electron chi connectivity index (χ2n) is 4.70. The normalized spacial score (nSPS) is 33.1. The van der Waals surface area contributed by atoms with Gasteiger partial charge in [0.25, 0.3) is 0 Å². The Morgan fingerprint density at radius 2 is 1.76 bits per heavy atom. The summed E-state index contributed by atoms with van der Waals surface area (Å²) in [5.41, 5.74) is 1.04. The molecular weight excluding hydrogens is 216 g/mol. The number of esters is 1. The number of allylic oxidation sites excluding steroid dienone is 3. The number of fused-ring (bicyclic) bond motifs is 2. The average molecular weight is 234 g/mol. The molecule has 3 nitrogen and oxygen atoms in total. The van der Waals surface area contributed by atoms with Crippen LogP contribution in [0.4, 0.5) is 0 Å². The van der Waals surface area contributed by atoms with Gasteiger partial charge in [-0.25, -0.2) is 0 Å². The van der Waals surface area contributed by atoms with Crippen molar-refractivity contribution in [3.05, 3.63) is 35.6 Å². The Kier molecular flexibility index (Phi) is 3.36. The zero-order valence-electron chi connectivity index (χ0n) is 10.5. The van der Waals surface area contributed by atoms with Gasteiger partial charge in [0, 0.05) is 6.42 Å². The largest absolute Gasteiger partial charge is 0.490 e. The van der Waals surface area contributed by atoms with Gasteiger partial charge in [-0.2, -0.15) is 0 Å². The van der Waals surface area contributed by atoms with E-state index in [1.54, 1.807) is 0 Å². The van der Waals surface area contributed by atoms with Crippen molar-refractivity contribution in [2.75, 3.05) is 0 Å². The summed E-state index contributed by atoms with van der Waals surface area (Å²) >= 11 is 0. The molecule has 2 aliphatic rings. The predicted molar refractivity (Wildman–Crippen MR) is 65.2 cm³/mol. The highest BCUT2D eigenvalue weighted by Gasteiger charge is 2.23. The second kappa shape index (κ2) is 4.78. The van der Waals surface area contributed by atoms with Crippen LogP contribution in [-0.4, -0.2) is 18.2 Å². The molecule has 0 amide bonds. The van der Waals surface area contributed by atoms with E-state index < -0.39 is 0 Å². The summed E-state index contributed by atoms with van der Waals surface area (Å²) in [6, 6.07) is 0. The lowest BCUT2D eigenvalue weighted by Crippen LogP contribution is -2.25. The maximum Gasteiger partial charge on any atom is 0.316 e. The highest BCUT2D eigenvalue weighted by molar-refractivity contribution is 5.77. The first-order valence-electron chi connectivity index (χ1n) is 6.00. The average Bonchev–Trinajstić information content (AvgIpc) is 2.41. The summed E-state index contributed by atoms with van der Waals surface area (Å²) < 4.78 is 11.2. The fourth-order valence-electron chi connectivity index (χ4n) is 2.06. The van der Waals surface area contributed by atoms with Crippen LogP contribution in [0.1, 0.15) is 27.2 Å². The number of cyclic esters (lactones) is 1. The van der Waals surface area contributed by atoms with Gasteiger partial charge in [0.1, 0.15) is 11.9 Å². The number of rotatable bonds is 0. The molecule has 0 N–H and O–H groups in total. The van der Waals surface area contributed by atoms with E-state index in [2.05, 4.69) is 0 Å². The number of hydrogen-bond acceptors (Lipinski definition) is 3. The lowest BCUT2D eigenvalue weighted by atomic mass is 10.1. The van der Waals surface area contributed by atoms with Crippen molar-refractivity contribution >= 4 is 5.97 Å². The van der Waals surface area contributed by atoms with Crippen molar-refractivity contribution in [3.63, 3.8) is 0 Å². The molecule has 1 aliphatic carbocycles. The molecule has 0 unspecified atom stereocenters. The zero-order valence-corrected chi connectivity index (χ0v) is 10.5. The van der Waals surface area contributed by atoms with Crippen molar-refractivity contribution in [3.8, 4) is 0 Å². The fourth-order valence-corrected chi connectivity index (χ4v) is 2.06. The van der Waals surface area contributed by atoms with E-state index in [9.17, 15) is 4.79 Å². The molecule has 0 aromatic heterocycles. The molecular formula is C14H18O3. The van der Waals surface area contributed by atoms with Gasteiger partial charge in [-0.1, -0.05) is 18.2 Å². The number of hydrogen-bond donors (Lipinski definition) is 0. The molecule has 17 heavy (non-hydrogen) atoms. The third kappa shape index (κ3) is 2.78. The summed E-state index contributed by atoms with van der Waals surface area (Å²) in [5, 5.41) is 0. The van der Waals surface area contributed by atoms with E-state index >= 15 is 0 Å². The van der Waals surface area contributed by atoms with Crippen molar-refractivity contribution in [2.45, 2.75) is 39.4 Å². The standard InChI is InChI=1S/C14H18O3/c1-9-4-5-12-6-7-13(9)16-10(2)8-11(3)17-14(12)15/h4-7,10-12H,8H2,1-3H3/t10-,11+,12+/m0/s1. The highest BCUT2D eigenvalue weighted by Crippen LogP contribution is 2.23. The van der Waals surface area contributed by atoms with E-state index in [4.69, 9.17) is 9.47 Å².